The highest BCUT2D eigenvalue weighted by Crippen LogP contribution is 2.47. The molecule has 3 N–H and O–H groups in total. The van der Waals surface area contributed by atoms with Crippen LogP contribution >= 0.6 is 0 Å². The summed E-state index contributed by atoms with van der Waals surface area (Å²) in [5, 5.41) is 14.9. The molecule has 0 saturated heterocycles. The van der Waals surface area contributed by atoms with E-state index in [1.807, 2.05) is 0 Å². The summed E-state index contributed by atoms with van der Waals surface area (Å²) in [7, 11) is 0. The monoisotopic (exact) mass is 280 g/mol. The second-order valence-electron chi connectivity index (χ2n) is 6.86. The van der Waals surface area contributed by atoms with E-state index in [-0.39, 0.29) is 6.03 Å². The highest BCUT2D eigenvalue weighted by Gasteiger charge is 2.43. The van der Waals surface area contributed by atoms with Crippen molar-refractivity contribution in [3.63, 3.8) is 0 Å². The maximum Gasteiger partial charge on any atom is 0.329 e. The van der Waals surface area contributed by atoms with E-state index in [9.17, 15) is 14.7 Å². The van der Waals surface area contributed by atoms with Crippen LogP contribution in [0.5, 0.6) is 0 Å². The first-order valence-corrected chi connectivity index (χ1v) is 7.88. The Balaban J connectivity index is 1.48. The summed E-state index contributed by atoms with van der Waals surface area (Å²) in [4.78, 5) is 23.4. The van der Waals surface area contributed by atoms with Crippen LogP contribution in [0.15, 0.2) is 0 Å². The molecular formula is C15H24N2O3. The Morgan fingerprint density at radius 2 is 1.90 bits per heavy atom. The molecule has 3 rings (SSSR count). The number of rotatable bonds is 4. The summed E-state index contributed by atoms with van der Waals surface area (Å²) in [6, 6.07) is -0.308. The molecule has 3 unspecified atom stereocenters. The number of hydrogen-bond acceptors (Lipinski definition) is 2. The molecule has 3 saturated carbocycles. The lowest BCUT2D eigenvalue weighted by Gasteiger charge is -2.27. The zero-order chi connectivity index (χ0) is 14.2. The van der Waals surface area contributed by atoms with Crippen LogP contribution in [0.1, 0.15) is 51.4 Å². The quantitative estimate of drug-likeness (QED) is 0.738. The molecule has 2 bridgehead atoms. The fourth-order valence-electron chi connectivity index (χ4n) is 4.48. The van der Waals surface area contributed by atoms with Crippen molar-refractivity contribution in [3.05, 3.63) is 0 Å². The summed E-state index contributed by atoms with van der Waals surface area (Å²) in [6.45, 7) is 0.697. The highest BCUT2D eigenvalue weighted by atomic mass is 16.4. The SMILES string of the molecule is O=C(NCC1CC2CCC1C2)NC1(C(=O)O)CCCC1. The van der Waals surface area contributed by atoms with Crippen molar-refractivity contribution in [1.29, 1.82) is 0 Å². The average molecular weight is 280 g/mol. The summed E-state index contributed by atoms with van der Waals surface area (Å²) >= 11 is 0. The Labute approximate surface area is 119 Å². The molecule has 0 heterocycles. The van der Waals surface area contributed by atoms with Gasteiger partial charge in [-0.1, -0.05) is 19.3 Å². The lowest BCUT2D eigenvalue weighted by Crippen LogP contribution is -2.56. The Kier molecular flexibility index (Phi) is 3.61. The predicted octanol–water partition coefficient (Wildman–Crippen LogP) is 2.12. The highest BCUT2D eigenvalue weighted by molar-refractivity contribution is 5.86. The van der Waals surface area contributed by atoms with Gasteiger partial charge in [0, 0.05) is 6.54 Å². The van der Waals surface area contributed by atoms with Crippen molar-refractivity contribution in [2.24, 2.45) is 17.8 Å². The van der Waals surface area contributed by atoms with E-state index in [1.54, 1.807) is 0 Å². The third-order valence-corrected chi connectivity index (χ3v) is 5.63. The van der Waals surface area contributed by atoms with E-state index in [0.29, 0.717) is 25.3 Å². The van der Waals surface area contributed by atoms with E-state index >= 15 is 0 Å². The van der Waals surface area contributed by atoms with Crippen molar-refractivity contribution in [2.75, 3.05) is 6.54 Å². The summed E-state index contributed by atoms with van der Waals surface area (Å²) in [6.07, 6.45) is 8.06. The standard InChI is InChI=1S/C15H24N2O3/c18-13(19)15(5-1-2-6-15)17-14(20)16-9-12-8-10-3-4-11(12)7-10/h10-12H,1-9H2,(H,18,19)(H2,16,17,20). The van der Waals surface area contributed by atoms with Crippen molar-refractivity contribution in [2.45, 2.75) is 56.9 Å². The van der Waals surface area contributed by atoms with Gasteiger partial charge in [-0.3, -0.25) is 0 Å². The molecule has 5 nitrogen and oxygen atoms in total. The summed E-state index contributed by atoms with van der Waals surface area (Å²) in [5.74, 6) is 1.35. The first-order valence-electron chi connectivity index (χ1n) is 7.88. The Morgan fingerprint density at radius 3 is 2.45 bits per heavy atom. The van der Waals surface area contributed by atoms with Gasteiger partial charge in [-0.2, -0.15) is 0 Å². The second kappa shape index (κ2) is 5.26. The number of aliphatic carboxylic acids is 1. The number of fused-ring (bicyclic) bond motifs is 2. The van der Waals surface area contributed by atoms with Crippen LogP contribution in [0, 0.1) is 17.8 Å². The van der Waals surface area contributed by atoms with E-state index < -0.39 is 11.5 Å². The number of carboxylic acids is 1. The van der Waals surface area contributed by atoms with Gasteiger partial charge in [-0.05, 0) is 49.9 Å². The number of nitrogens with one attached hydrogen (secondary N) is 2. The normalized spacial score (nSPS) is 34.1. The van der Waals surface area contributed by atoms with Crippen LogP contribution in [0.25, 0.3) is 0 Å². The number of amides is 2. The molecule has 3 fully saturated rings. The van der Waals surface area contributed by atoms with E-state index in [1.165, 1.54) is 25.7 Å². The summed E-state index contributed by atoms with van der Waals surface area (Å²) in [5.41, 5.74) is -1.03. The van der Waals surface area contributed by atoms with Crippen LogP contribution < -0.4 is 10.6 Å². The lowest BCUT2D eigenvalue weighted by atomic mass is 9.89. The Hall–Kier alpha value is -1.26. The molecule has 0 aromatic rings. The van der Waals surface area contributed by atoms with Crippen LogP contribution in [0.3, 0.4) is 0 Å². The third-order valence-electron chi connectivity index (χ3n) is 5.63. The smallest absolute Gasteiger partial charge is 0.329 e. The minimum Gasteiger partial charge on any atom is -0.480 e. The minimum atomic E-state index is -1.03. The van der Waals surface area contributed by atoms with Crippen LogP contribution in [0.4, 0.5) is 4.79 Å². The molecule has 0 radical (unpaired) electrons. The van der Waals surface area contributed by atoms with E-state index in [0.717, 1.165) is 24.7 Å². The topological polar surface area (TPSA) is 78.4 Å². The number of carbonyl (C=O) groups is 2. The molecule has 2 amide bonds. The Bertz CT molecular complexity index is 404. The zero-order valence-corrected chi connectivity index (χ0v) is 11.9. The zero-order valence-electron chi connectivity index (χ0n) is 11.9. The van der Waals surface area contributed by atoms with Crippen LogP contribution in [-0.4, -0.2) is 29.2 Å². The molecule has 3 aliphatic carbocycles. The molecule has 0 aliphatic heterocycles. The molecule has 0 aromatic heterocycles. The molecule has 0 spiro atoms. The molecule has 20 heavy (non-hydrogen) atoms. The lowest BCUT2D eigenvalue weighted by molar-refractivity contribution is -0.144. The van der Waals surface area contributed by atoms with Crippen molar-refractivity contribution in [1.82, 2.24) is 10.6 Å². The van der Waals surface area contributed by atoms with Gasteiger partial charge in [0.15, 0.2) is 0 Å². The van der Waals surface area contributed by atoms with Crippen molar-refractivity contribution < 1.29 is 14.7 Å². The van der Waals surface area contributed by atoms with Gasteiger partial charge in [0.2, 0.25) is 0 Å². The molecule has 3 aliphatic rings. The van der Waals surface area contributed by atoms with E-state index in [4.69, 9.17) is 0 Å². The molecule has 3 atom stereocenters. The molecule has 5 heteroatoms. The first kappa shape index (κ1) is 13.7. The first-order chi connectivity index (χ1) is 9.59. The van der Waals surface area contributed by atoms with Gasteiger partial charge in [0.25, 0.3) is 0 Å². The van der Waals surface area contributed by atoms with Crippen molar-refractivity contribution >= 4 is 12.0 Å². The number of carboxylic acid groups (broad SMARTS) is 1. The van der Waals surface area contributed by atoms with Gasteiger partial charge in [0.05, 0.1) is 0 Å². The Morgan fingerprint density at radius 1 is 1.15 bits per heavy atom. The number of hydrogen-bond donors (Lipinski definition) is 3. The van der Waals surface area contributed by atoms with Crippen LogP contribution in [-0.2, 0) is 4.79 Å². The second-order valence-corrected chi connectivity index (χ2v) is 6.86. The van der Waals surface area contributed by atoms with Gasteiger partial charge in [0.1, 0.15) is 5.54 Å². The van der Waals surface area contributed by atoms with Gasteiger partial charge >= 0.3 is 12.0 Å². The van der Waals surface area contributed by atoms with Gasteiger partial charge in [-0.25, -0.2) is 9.59 Å². The number of urea groups is 1. The maximum atomic E-state index is 12.0. The number of carbonyl (C=O) groups excluding carboxylic acids is 1. The fourth-order valence-corrected chi connectivity index (χ4v) is 4.48. The summed E-state index contributed by atoms with van der Waals surface area (Å²) < 4.78 is 0. The minimum absolute atomic E-state index is 0.308. The van der Waals surface area contributed by atoms with Crippen molar-refractivity contribution in [3.8, 4) is 0 Å². The third kappa shape index (κ3) is 2.50. The van der Waals surface area contributed by atoms with Gasteiger partial charge in [-0.15, -0.1) is 0 Å². The molecule has 112 valence electrons. The van der Waals surface area contributed by atoms with E-state index in [2.05, 4.69) is 10.6 Å². The average Bonchev–Trinajstić information content (AvgIpc) is 3.12. The maximum absolute atomic E-state index is 12.0. The molecular weight excluding hydrogens is 256 g/mol. The van der Waals surface area contributed by atoms with Gasteiger partial charge < -0.3 is 15.7 Å². The largest absolute Gasteiger partial charge is 0.480 e. The predicted molar refractivity (Wildman–Crippen MR) is 74.3 cm³/mol. The fraction of sp³-hybridized carbons (Fsp3) is 0.867. The molecule has 0 aromatic carbocycles. The van der Waals surface area contributed by atoms with Crippen LogP contribution in [0.2, 0.25) is 0 Å².